The first-order valence-corrected chi connectivity index (χ1v) is 8.09. The van der Waals surface area contributed by atoms with Crippen molar-refractivity contribution in [2.75, 3.05) is 0 Å². The van der Waals surface area contributed by atoms with Gasteiger partial charge in [0.1, 0.15) is 0 Å². The highest BCUT2D eigenvalue weighted by atomic mass is 35.5. The van der Waals surface area contributed by atoms with E-state index in [2.05, 4.69) is 10.2 Å². The highest BCUT2D eigenvalue weighted by Gasteiger charge is 2.23. The Bertz CT molecular complexity index is 747. The Balaban J connectivity index is 2.35. The van der Waals surface area contributed by atoms with Crippen molar-refractivity contribution in [3.05, 3.63) is 45.3 Å². The lowest BCUT2D eigenvalue weighted by Crippen LogP contribution is -2.21. The number of aromatic nitrogens is 3. The van der Waals surface area contributed by atoms with E-state index in [1.54, 1.807) is 24.3 Å². The molecule has 2 rings (SSSR count). The van der Waals surface area contributed by atoms with Gasteiger partial charge < -0.3 is 0 Å². The summed E-state index contributed by atoms with van der Waals surface area (Å²) in [5.41, 5.74) is 0.0782. The van der Waals surface area contributed by atoms with E-state index in [-0.39, 0.29) is 10.9 Å². The van der Waals surface area contributed by atoms with Gasteiger partial charge in [-0.2, -0.15) is 0 Å². The fourth-order valence-corrected chi connectivity index (χ4v) is 3.41. The number of sulfone groups is 1. The molecule has 1 aromatic carbocycles. The monoisotopic (exact) mass is 315 g/mol. The summed E-state index contributed by atoms with van der Waals surface area (Å²) in [5.74, 6) is -0.224. The van der Waals surface area contributed by atoms with Gasteiger partial charge in [-0.25, -0.2) is 18.3 Å². The van der Waals surface area contributed by atoms with Crippen LogP contribution >= 0.6 is 11.6 Å². The van der Waals surface area contributed by atoms with E-state index in [1.165, 1.54) is 0 Å². The van der Waals surface area contributed by atoms with Crippen LogP contribution in [0, 0.1) is 0 Å². The zero-order valence-electron chi connectivity index (χ0n) is 10.8. The van der Waals surface area contributed by atoms with Gasteiger partial charge in [0.15, 0.2) is 0 Å². The number of hydrogen-bond acceptors (Lipinski definition) is 4. The molecular weight excluding hydrogens is 302 g/mol. The van der Waals surface area contributed by atoms with Crippen molar-refractivity contribution in [1.29, 1.82) is 0 Å². The predicted octanol–water partition coefficient (Wildman–Crippen LogP) is 1.61. The molecule has 108 valence electrons. The molecule has 6 nitrogen and oxygen atoms in total. The Hall–Kier alpha value is -1.60. The number of H-pyrrole nitrogens is 1. The van der Waals surface area contributed by atoms with Crippen LogP contribution in [0.25, 0.3) is 0 Å². The van der Waals surface area contributed by atoms with Crippen LogP contribution in [0.5, 0.6) is 0 Å². The van der Waals surface area contributed by atoms with E-state index >= 15 is 0 Å². The van der Waals surface area contributed by atoms with Gasteiger partial charge in [0, 0.05) is 11.6 Å². The average Bonchev–Trinajstić information content (AvgIpc) is 2.75. The van der Waals surface area contributed by atoms with Crippen LogP contribution in [-0.2, 0) is 22.1 Å². The third-order valence-electron chi connectivity index (χ3n) is 2.72. The Morgan fingerprint density at radius 1 is 1.30 bits per heavy atom. The van der Waals surface area contributed by atoms with E-state index < -0.39 is 15.5 Å². The van der Waals surface area contributed by atoms with Crippen molar-refractivity contribution < 1.29 is 8.42 Å². The Morgan fingerprint density at radius 3 is 2.55 bits per heavy atom. The van der Waals surface area contributed by atoms with Crippen LogP contribution in [0.2, 0.25) is 5.02 Å². The molecule has 0 fully saturated rings. The van der Waals surface area contributed by atoms with Crippen molar-refractivity contribution in [2.45, 2.75) is 30.8 Å². The van der Waals surface area contributed by atoms with Gasteiger partial charge in [0.2, 0.25) is 9.84 Å². The molecule has 0 saturated carbocycles. The van der Waals surface area contributed by atoms with Crippen molar-refractivity contribution >= 4 is 21.4 Å². The summed E-state index contributed by atoms with van der Waals surface area (Å²) in [4.78, 5) is 11.5. The lowest BCUT2D eigenvalue weighted by molar-refractivity contribution is 0.550. The summed E-state index contributed by atoms with van der Waals surface area (Å²) in [5, 5.41) is 6.12. The third kappa shape index (κ3) is 3.10. The Labute approximate surface area is 121 Å². The van der Waals surface area contributed by atoms with Gasteiger partial charge in [0.25, 0.3) is 5.16 Å². The second kappa shape index (κ2) is 5.80. The molecule has 0 spiro atoms. The fraction of sp³-hybridized carbons (Fsp3) is 0.333. The van der Waals surface area contributed by atoms with Crippen molar-refractivity contribution in [2.24, 2.45) is 0 Å². The second-order valence-electron chi connectivity index (χ2n) is 4.35. The molecule has 0 aliphatic rings. The largest absolute Gasteiger partial charge is 0.344 e. The van der Waals surface area contributed by atoms with E-state index in [1.807, 2.05) is 6.92 Å². The maximum absolute atomic E-state index is 12.3. The minimum Gasteiger partial charge on any atom is -0.266 e. The smallest absolute Gasteiger partial charge is 0.266 e. The molecule has 0 bridgehead atoms. The second-order valence-corrected chi connectivity index (χ2v) is 6.67. The molecule has 1 heterocycles. The molecule has 0 amide bonds. The molecule has 1 aromatic heterocycles. The predicted molar refractivity (Wildman–Crippen MR) is 75.5 cm³/mol. The average molecular weight is 316 g/mol. The van der Waals surface area contributed by atoms with E-state index in [4.69, 9.17) is 11.6 Å². The molecule has 8 heteroatoms. The van der Waals surface area contributed by atoms with E-state index in [0.29, 0.717) is 23.6 Å². The Morgan fingerprint density at radius 2 is 1.95 bits per heavy atom. The fourth-order valence-electron chi connectivity index (χ4n) is 1.83. The number of aromatic amines is 1. The lowest BCUT2D eigenvalue weighted by Gasteiger charge is -2.05. The van der Waals surface area contributed by atoms with E-state index in [0.717, 1.165) is 4.57 Å². The summed E-state index contributed by atoms with van der Waals surface area (Å²) in [6, 6.07) is 6.51. The normalized spacial score (nSPS) is 11.7. The van der Waals surface area contributed by atoms with E-state index in [9.17, 15) is 13.2 Å². The quantitative estimate of drug-likeness (QED) is 0.908. The van der Waals surface area contributed by atoms with Crippen LogP contribution in [0.3, 0.4) is 0 Å². The maximum Gasteiger partial charge on any atom is 0.344 e. The molecule has 0 aliphatic carbocycles. The van der Waals surface area contributed by atoms with Gasteiger partial charge in [-0.15, -0.1) is 5.10 Å². The zero-order chi connectivity index (χ0) is 14.8. The number of nitrogens with zero attached hydrogens (tertiary/aromatic N) is 2. The minimum absolute atomic E-state index is 0.223. The number of hydrogen-bond donors (Lipinski definition) is 1. The summed E-state index contributed by atoms with van der Waals surface area (Å²) in [6.45, 7) is 2.17. The van der Waals surface area contributed by atoms with Crippen molar-refractivity contribution in [3.63, 3.8) is 0 Å². The number of benzene rings is 1. The third-order valence-corrected chi connectivity index (χ3v) is 4.55. The molecule has 0 unspecified atom stereocenters. The number of rotatable bonds is 5. The summed E-state index contributed by atoms with van der Waals surface area (Å²) >= 11 is 5.76. The SMILES string of the molecule is CCCn1c(S(=O)(=O)Cc2ccc(Cl)cc2)n[nH]c1=O. The van der Waals surface area contributed by atoms with Crippen LogP contribution in [-0.4, -0.2) is 23.2 Å². The molecule has 0 saturated heterocycles. The van der Waals surface area contributed by atoms with Gasteiger partial charge in [-0.1, -0.05) is 30.7 Å². The molecule has 0 radical (unpaired) electrons. The Kier molecular flexibility index (Phi) is 4.29. The first-order valence-electron chi connectivity index (χ1n) is 6.06. The van der Waals surface area contributed by atoms with Gasteiger partial charge in [-0.05, 0) is 24.1 Å². The molecular formula is C12H14ClN3O3S. The van der Waals surface area contributed by atoms with Crippen molar-refractivity contribution in [3.8, 4) is 0 Å². The molecule has 1 N–H and O–H groups in total. The topological polar surface area (TPSA) is 84.8 Å². The van der Waals surface area contributed by atoms with Crippen LogP contribution < -0.4 is 5.69 Å². The zero-order valence-corrected chi connectivity index (χ0v) is 12.4. The highest BCUT2D eigenvalue weighted by molar-refractivity contribution is 7.90. The number of nitrogens with one attached hydrogen (secondary N) is 1. The van der Waals surface area contributed by atoms with Crippen LogP contribution in [0.15, 0.2) is 34.2 Å². The lowest BCUT2D eigenvalue weighted by atomic mass is 10.2. The summed E-state index contributed by atoms with van der Waals surface area (Å²) in [7, 11) is -3.68. The molecule has 0 atom stereocenters. The van der Waals surface area contributed by atoms with Crippen molar-refractivity contribution in [1.82, 2.24) is 14.8 Å². The molecule has 2 aromatic rings. The number of halogens is 1. The van der Waals surface area contributed by atoms with Crippen LogP contribution in [0.4, 0.5) is 0 Å². The minimum atomic E-state index is -3.68. The van der Waals surface area contributed by atoms with Gasteiger partial charge >= 0.3 is 5.69 Å². The van der Waals surface area contributed by atoms with Crippen LogP contribution in [0.1, 0.15) is 18.9 Å². The molecule has 20 heavy (non-hydrogen) atoms. The van der Waals surface area contributed by atoms with Gasteiger partial charge in [0.05, 0.1) is 5.75 Å². The first-order chi connectivity index (χ1) is 9.44. The standard InChI is InChI=1S/C12H14ClN3O3S/c1-2-7-16-11(17)14-15-12(16)20(18,19)8-9-3-5-10(13)6-4-9/h3-6H,2,7-8H2,1H3,(H,14,17). The summed E-state index contributed by atoms with van der Waals surface area (Å²) in [6.07, 6.45) is 0.642. The summed E-state index contributed by atoms with van der Waals surface area (Å²) < 4.78 is 25.8. The maximum atomic E-state index is 12.3. The first kappa shape index (κ1) is 14.8. The van der Waals surface area contributed by atoms with Gasteiger partial charge in [-0.3, -0.25) is 4.57 Å². The molecule has 0 aliphatic heterocycles. The highest BCUT2D eigenvalue weighted by Crippen LogP contribution is 2.16.